The Morgan fingerprint density at radius 3 is 2.47 bits per heavy atom. The predicted molar refractivity (Wildman–Crippen MR) is 130 cm³/mol. The van der Waals surface area contributed by atoms with E-state index in [4.69, 9.17) is 35.4 Å². The number of aryl methyl sites for hydroxylation is 1. The van der Waals surface area contributed by atoms with E-state index in [1.165, 1.54) is 17.3 Å². The zero-order valence-corrected chi connectivity index (χ0v) is 19.4. The number of anilines is 1. The number of nitrogens with one attached hydrogen (secondary N) is 1. The number of nitrogens with zero attached hydrogens (tertiary/aromatic N) is 1. The van der Waals surface area contributed by atoms with Gasteiger partial charge in [0.1, 0.15) is 4.32 Å². The molecular weight excluding hydrogens is 459 g/mol. The molecule has 0 radical (unpaired) electrons. The van der Waals surface area contributed by atoms with E-state index in [9.17, 15) is 9.59 Å². The van der Waals surface area contributed by atoms with E-state index < -0.39 is 0 Å². The minimum atomic E-state index is -0.176. The van der Waals surface area contributed by atoms with Crippen LogP contribution in [0.15, 0.2) is 47.4 Å². The van der Waals surface area contributed by atoms with Crippen LogP contribution >= 0.6 is 47.2 Å². The molecule has 1 aliphatic rings. The number of carbonyl (C=O) groups excluding carboxylic acids is 2. The van der Waals surface area contributed by atoms with Crippen molar-refractivity contribution in [3.63, 3.8) is 0 Å². The zero-order valence-electron chi connectivity index (χ0n) is 16.3. The van der Waals surface area contributed by atoms with Crippen molar-refractivity contribution in [1.29, 1.82) is 0 Å². The van der Waals surface area contributed by atoms with Crippen molar-refractivity contribution in [2.75, 3.05) is 11.9 Å². The second-order valence-electron chi connectivity index (χ2n) is 6.74. The van der Waals surface area contributed by atoms with Gasteiger partial charge in [-0.3, -0.25) is 14.5 Å². The van der Waals surface area contributed by atoms with Crippen LogP contribution in [0.1, 0.15) is 30.9 Å². The summed E-state index contributed by atoms with van der Waals surface area (Å²) in [5, 5.41) is 3.66. The highest BCUT2D eigenvalue weighted by Crippen LogP contribution is 2.32. The molecule has 0 spiro atoms. The van der Waals surface area contributed by atoms with Gasteiger partial charge in [-0.15, -0.1) is 0 Å². The van der Waals surface area contributed by atoms with Crippen LogP contribution in [0.25, 0.3) is 6.08 Å². The summed E-state index contributed by atoms with van der Waals surface area (Å²) in [6, 6.07) is 13.0. The second kappa shape index (κ2) is 10.4. The van der Waals surface area contributed by atoms with Gasteiger partial charge in [-0.25, -0.2) is 0 Å². The molecule has 1 aliphatic heterocycles. The van der Waals surface area contributed by atoms with Crippen LogP contribution in [0, 0.1) is 0 Å². The fourth-order valence-electron chi connectivity index (χ4n) is 2.94. The standard InChI is InChI=1S/C22H20Cl2N2O2S2/c1-2-14-5-7-15(8-6-14)10-19-21(28)26(22(29)30-19)9-3-4-20(27)25-18-12-16(23)11-17(24)13-18/h5-8,10-13H,2-4,9H2,1H3,(H,25,27). The average Bonchev–Trinajstić information content (AvgIpc) is 2.95. The number of thiocarbonyl (C=S) groups is 1. The van der Waals surface area contributed by atoms with Gasteiger partial charge < -0.3 is 5.32 Å². The van der Waals surface area contributed by atoms with Crippen LogP contribution in [0.4, 0.5) is 5.69 Å². The van der Waals surface area contributed by atoms with E-state index in [0.717, 1.165) is 12.0 Å². The Labute approximate surface area is 195 Å². The molecule has 8 heteroatoms. The monoisotopic (exact) mass is 478 g/mol. The third-order valence-corrected chi connectivity index (χ3v) is 6.31. The first-order chi connectivity index (χ1) is 14.4. The fraction of sp³-hybridized carbons (Fsp3) is 0.227. The molecule has 1 heterocycles. The van der Waals surface area contributed by atoms with Crippen molar-refractivity contribution in [2.45, 2.75) is 26.2 Å². The van der Waals surface area contributed by atoms with Crippen molar-refractivity contribution in [1.82, 2.24) is 4.90 Å². The Morgan fingerprint density at radius 1 is 1.17 bits per heavy atom. The third-order valence-electron chi connectivity index (χ3n) is 4.49. The molecule has 2 aromatic carbocycles. The van der Waals surface area contributed by atoms with Crippen molar-refractivity contribution < 1.29 is 9.59 Å². The minimum Gasteiger partial charge on any atom is -0.326 e. The Kier molecular flexibility index (Phi) is 7.94. The Hall–Kier alpha value is -1.86. The minimum absolute atomic E-state index is 0.119. The average molecular weight is 479 g/mol. The lowest BCUT2D eigenvalue weighted by molar-refractivity contribution is -0.122. The van der Waals surface area contributed by atoms with Crippen molar-refractivity contribution >= 4 is 75.1 Å². The van der Waals surface area contributed by atoms with Gasteiger partial charge in [0.15, 0.2) is 0 Å². The molecule has 0 unspecified atom stereocenters. The van der Waals surface area contributed by atoms with E-state index in [1.807, 2.05) is 18.2 Å². The molecule has 3 rings (SSSR count). The maximum Gasteiger partial charge on any atom is 0.266 e. The lowest BCUT2D eigenvalue weighted by atomic mass is 10.1. The van der Waals surface area contributed by atoms with E-state index in [0.29, 0.717) is 37.9 Å². The first-order valence-corrected chi connectivity index (χ1v) is 11.4. The Morgan fingerprint density at radius 2 is 1.83 bits per heavy atom. The van der Waals surface area contributed by atoms with E-state index in [2.05, 4.69) is 24.4 Å². The SMILES string of the molecule is CCc1ccc(C=C2SC(=S)N(CCCC(=O)Nc3cc(Cl)cc(Cl)c3)C2=O)cc1. The lowest BCUT2D eigenvalue weighted by Crippen LogP contribution is -2.29. The van der Waals surface area contributed by atoms with Crippen LogP contribution in [0.2, 0.25) is 10.0 Å². The van der Waals surface area contributed by atoms with Crippen LogP contribution in [-0.2, 0) is 16.0 Å². The van der Waals surface area contributed by atoms with Crippen molar-refractivity contribution in [3.05, 3.63) is 68.5 Å². The van der Waals surface area contributed by atoms with Crippen LogP contribution in [0.3, 0.4) is 0 Å². The molecule has 1 saturated heterocycles. The maximum absolute atomic E-state index is 12.7. The Bertz CT molecular complexity index is 986. The van der Waals surface area contributed by atoms with Gasteiger partial charge in [-0.1, -0.05) is 78.4 Å². The normalized spacial score (nSPS) is 15.2. The molecule has 156 valence electrons. The van der Waals surface area contributed by atoms with E-state index >= 15 is 0 Å². The highest BCUT2D eigenvalue weighted by Gasteiger charge is 2.31. The summed E-state index contributed by atoms with van der Waals surface area (Å²) in [6.45, 7) is 2.49. The summed E-state index contributed by atoms with van der Waals surface area (Å²) in [7, 11) is 0. The van der Waals surface area contributed by atoms with Gasteiger partial charge in [-0.2, -0.15) is 0 Å². The number of benzene rings is 2. The highest BCUT2D eigenvalue weighted by atomic mass is 35.5. The second-order valence-corrected chi connectivity index (χ2v) is 9.29. The lowest BCUT2D eigenvalue weighted by Gasteiger charge is -2.14. The van der Waals surface area contributed by atoms with Crippen molar-refractivity contribution in [2.24, 2.45) is 0 Å². The quantitative estimate of drug-likeness (QED) is 0.381. The van der Waals surface area contributed by atoms with Gasteiger partial charge in [0.05, 0.1) is 4.91 Å². The van der Waals surface area contributed by atoms with Gasteiger partial charge in [0, 0.05) is 28.7 Å². The van der Waals surface area contributed by atoms with Crippen LogP contribution in [0.5, 0.6) is 0 Å². The molecule has 1 fully saturated rings. The summed E-state index contributed by atoms with van der Waals surface area (Å²) in [4.78, 5) is 27.0. The number of rotatable bonds is 7. The summed E-state index contributed by atoms with van der Waals surface area (Å²) in [5.74, 6) is -0.295. The van der Waals surface area contributed by atoms with Gasteiger partial charge in [0.2, 0.25) is 5.91 Å². The molecule has 0 atom stereocenters. The van der Waals surface area contributed by atoms with Crippen LogP contribution in [-0.4, -0.2) is 27.6 Å². The van der Waals surface area contributed by atoms with Gasteiger partial charge >= 0.3 is 0 Å². The van der Waals surface area contributed by atoms with Gasteiger partial charge in [-0.05, 0) is 48.2 Å². The smallest absolute Gasteiger partial charge is 0.266 e. The molecule has 0 saturated carbocycles. The van der Waals surface area contributed by atoms with Crippen molar-refractivity contribution in [3.8, 4) is 0 Å². The number of amides is 2. The Balaban J connectivity index is 1.53. The number of hydrogen-bond acceptors (Lipinski definition) is 4. The third kappa shape index (κ3) is 6.08. The first-order valence-electron chi connectivity index (χ1n) is 9.46. The molecule has 4 nitrogen and oxygen atoms in total. The fourth-order valence-corrected chi connectivity index (χ4v) is 4.78. The molecule has 2 amide bonds. The molecule has 1 N–H and O–H groups in total. The molecule has 0 bridgehead atoms. The summed E-state index contributed by atoms with van der Waals surface area (Å²) in [5.41, 5.74) is 2.76. The maximum atomic E-state index is 12.7. The van der Waals surface area contributed by atoms with Gasteiger partial charge in [0.25, 0.3) is 5.91 Å². The predicted octanol–water partition coefficient (Wildman–Crippen LogP) is 6.18. The topological polar surface area (TPSA) is 49.4 Å². The van der Waals surface area contributed by atoms with E-state index in [-0.39, 0.29) is 18.2 Å². The summed E-state index contributed by atoms with van der Waals surface area (Å²) >= 11 is 18.5. The zero-order chi connectivity index (χ0) is 21.7. The molecular formula is C22H20Cl2N2O2S2. The summed E-state index contributed by atoms with van der Waals surface area (Å²) < 4.78 is 0.512. The molecule has 30 heavy (non-hydrogen) atoms. The number of thioether (sulfide) groups is 1. The largest absolute Gasteiger partial charge is 0.326 e. The molecule has 0 aromatic heterocycles. The number of carbonyl (C=O) groups is 2. The van der Waals surface area contributed by atoms with E-state index in [1.54, 1.807) is 23.1 Å². The molecule has 2 aromatic rings. The molecule has 0 aliphatic carbocycles. The number of hydrogen-bond donors (Lipinski definition) is 1. The highest BCUT2D eigenvalue weighted by molar-refractivity contribution is 8.26. The number of halogens is 2. The summed E-state index contributed by atoms with van der Waals surface area (Å²) in [6.07, 6.45) is 3.57. The first kappa shape index (κ1) is 22.8. The van der Waals surface area contributed by atoms with Crippen LogP contribution < -0.4 is 5.32 Å².